The summed E-state index contributed by atoms with van der Waals surface area (Å²) in [6.07, 6.45) is -2.65. The summed E-state index contributed by atoms with van der Waals surface area (Å²) in [4.78, 5) is 12.0. The molecule has 23 heavy (non-hydrogen) atoms. The minimum absolute atomic E-state index is 0.314. The Morgan fingerprint density at radius 2 is 1.78 bits per heavy atom. The van der Waals surface area contributed by atoms with Crippen LogP contribution >= 0.6 is 0 Å². The highest BCUT2D eigenvalue weighted by Crippen LogP contribution is 2.42. The van der Waals surface area contributed by atoms with E-state index in [1.165, 1.54) is 0 Å². The standard InChI is InChI=1S/C16H24O7/c1-8(2)13(17)19-11-10(9-7-18-15(3,4)21-9)20-14-12(11)22-16(5,6)23-14/h9-12,14H,1,7H2,2-6H3/t9-,10-,11+,12-,14?/m1/s1. The SMILES string of the molecule is C=C(C)C(=O)O[C@H]1[C@@H]([C@H]2COC(C)(C)O2)OC2OC(C)(C)O[C@@H]21. The largest absolute Gasteiger partial charge is 0.453 e. The molecule has 7 heteroatoms. The monoisotopic (exact) mass is 328 g/mol. The van der Waals surface area contributed by atoms with Crippen LogP contribution < -0.4 is 0 Å². The lowest BCUT2D eigenvalue weighted by atomic mass is 10.1. The number of carbonyl (C=O) groups is 1. The smallest absolute Gasteiger partial charge is 0.333 e. The zero-order chi connectivity index (χ0) is 17.0. The van der Waals surface area contributed by atoms with Gasteiger partial charge < -0.3 is 28.4 Å². The third-order valence-electron chi connectivity index (χ3n) is 4.02. The average Bonchev–Trinajstić information content (AvgIpc) is 3.01. The molecule has 0 aromatic heterocycles. The van der Waals surface area contributed by atoms with Crippen molar-refractivity contribution >= 4 is 5.97 Å². The number of fused-ring (bicyclic) bond motifs is 1. The van der Waals surface area contributed by atoms with Crippen molar-refractivity contribution in [1.82, 2.24) is 0 Å². The van der Waals surface area contributed by atoms with Crippen molar-refractivity contribution in [2.75, 3.05) is 6.61 Å². The molecule has 0 N–H and O–H groups in total. The molecule has 0 radical (unpaired) electrons. The Balaban J connectivity index is 1.79. The van der Waals surface area contributed by atoms with Crippen LogP contribution in [0.25, 0.3) is 0 Å². The van der Waals surface area contributed by atoms with Crippen LogP contribution in [-0.2, 0) is 33.2 Å². The molecule has 3 rings (SSSR count). The number of hydrogen-bond donors (Lipinski definition) is 0. The number of esters is 1. The van der Waals surface area contributed by atoms with Crippen LogP contribution in [0.5, 0.6) is 0 Å². The van der Waals surface area contributed by atoms with E-state index in [1.807, 2.05) is 13.8 Å². The number of carbonyl (C=O) groups excluding carboxylic acids is 1. The Kier molecular flexibility index (Phi) is 4.05. The zero-order valence-corrected chi connectivity index (χ0v) is 14.2. The molecule has 130 valence electrons. The normalized spacial score (nSPS) is 40.8. The van der Waals surface area contributed by atoms with Crippen LogP contribution in [0, 0.1) is 0 Å². The fourth-order valence-corrected chi connectivity index (χ4v) is 3.04. The second-order valence-electron chi connectivity index (χ2n) is 7.09. The maximum Gasteiger partial charge on any atom is 0.333 e. The Labute approximate surface area is 135 Å². The molecule has 0 amide bonds. The second kappa shape index (κ2) is 5.53. The van der Waals surface area contributed by atoms with E-state index in [1.54, 1.807) is 20.8 Å². The highest BCUT2D eigenvalue weighted by molar-refractivity contribution is 5.87. The third kappa shape index (κ3) is 3.29. The van der Waals surface area contributed by atoms with Gasteiger partial charge in [-0.25, -0.2) is 4.79 Å². The van der Waals surface area contributed by atoms with Crippen molar-refractivity contribution in [1.29, 1.82) is 0 Å². The molecular formula is C16H24O7. The lowest BCUT2D eigenvalue weighted by Crippen LogP contribution is -2.45. The molecule has 1 unspecified atom stereocenters. The minimum atomic E-state index is -0.791. The minimum Gasteiger partial charge on any atom is -0.453 e. The van der Waals surface area contributed by atoms with Gasteiger partial charge in [-0.1, -0.05) is 6.58 Å². The fraction of sp³-hybridized carbons (Fsp3) is 0.812. The molecule has 0 bridgehead atoms. The van der Waals surface area contributed by atoms with Crippen molar-refractivity contribution in [3.8, 4) is 0 Å². The van der Waals surface area contributed by atoms with E-state index in [-0.39, 0.29) is 6.10 Å². The summed E-state index contributed by atoms with van der Waals surface area (Å²) in [6.45, 7) is 12.8. The summed E-state index contributed by atoms with van der Waals surface area (Å²) >= 11 is 0. The molecule has 3 aliphatic rings. The second-order valence-corrected chi connectivity index (χ2v) is 7.09. The van der Waals surface area contributed by atoms with E-state index in [0.29, 0.717) is 12.2 Å². The van der Waals surface area contributed by atoms with Gasteiger partial charge in [0, 0.05) is 5.57 Å². The van der Waals surface area contributed by atoms with Crippen LogP contribution in [0.2, 0.25) is 0 Å². The van der Waals surface area contributed by atoms with E-state index in [0.717, 1.165) is 0 Å². The molecule has 3 aliphatic heterocycles. The summed E-state index contributed by atoms with van der Waals surface area (Å²) in [5, 5.41) is 0. The topological polar surface area (TPSA) is 72.5 Å². The van der Waals surface area contributed by atoms with Gasteiger partial charge in [0.2, 0.25) is 0 Å². The van der Waals surface area contributed by atoms with Gasteiger partial charge in [-0.2, -0.15) is 0 Å². The van der Waals surface area contributed by atoms with Crippen molar-refractivity contribution in [2.45, 2.75) is 76.9 Å². The fourth-order valence-electron chi connectivity index (χ4n) is 3.04. The molecular weight excluding hydrogens is 304 g/mol. The molecule has 3 fully saturated rings. The molecule has 3 heterocycles. The number of hydrogen-bond acceptors (Lipinski definition) is 7. The number of ether oxygens (including phenoxy) is 6. The summed E-state index contributed by atoms with van der Waals surface area (Å²) < 4.78 is 34.5. The first-order valence-corrected chi connectivity index (χ1v) is 7.77. The van der Waals surface area contributed by atoms with Crippen LogP contribution in [0.4, 0.5) is 0 Å². The molecule has 0 saturated carbocycles. The molecule has 0 aromatic rings. The molecule has 0 spiro atoms. The Hall–Kier alpha value is -0.990. The van der Waals surface area contributed by atoms with Crippen LogP contribution in [0.15, 0.2) is 12.2 Å². The summed E-state index contributed by atoms with van der Waals surface area (Å²) in [6, 6.07) is 0. The highest BCUT2D eigenvalue weighted by atomic mass is 16.8. The van der Waals surface area contributed by atoms with Gasteiger partial charge in [-0.15, -0.1) is 0 Å². The summed E-state index contributed by atoms with van der Waals surface area (Å²) in [5.74, 6) is -1.98. The van der Waals surface area contributed by atoms with Crippen molar-refractivity contribution < 1.29 is 33.2 Å². The summed E-state index contributed by atoms with van der Waals surface area (Å²) in [7, 11) is 0. The van der Waals surface area contributed by atoms with Gasteiger partial charge in [-0.3, -0.25) is 0 Å². The van der Waals surface area contributed by atoms with Gasteiger partial charge in [0.05, 0.1) is 6.61 Å². The Morgan fingerprint density at radius 1 is 1.09 bits per heavy atom. The molecule has 5 atom stereocenters. The maximum absolute atomic E-state index is 12.0. The van der Waals surface area contributed by atoms with Crippen LogP contribution in [0.3, 0.4) is 0 Å². The van der Waals surface area contributed by atoms with Crippen molar-refractivity contribution in [3.63, 3.8) is 0 Å². The van der Waals surface area contributed by atoms with E-state index >= 15 is 0 Å². The van der Waals surface area contributed by atoms with Gasteiger partial charge in [0.15, 0.2) is 30.1 Å². The van der Waals surface area contributed by atoms with Crippen molar-refractivity contribution in [2.24, 2.45) is 0 Å². The first-order valence-electron chi connectivity index (χ1n) is 7.77. The molecule has 0 aliphatic carbocycles. The predicted molar refractivity (Wildman–Crippen MR) is 78.3 cm³/mol. The Morgan fingerprint density at radius 3 is 2.35 bits per heavy atom. The molecule has 0 aromatic carbocycles. The number of rotatable bonds is 3. The lowest BCUT2D eigenvalue weighted by molar-refractivity contribution is -0.234. The van der Waals surface area contributed by atoms with Crippen molar-refractivity contribution in [3.05, 3.63) is 12.2 Å². The van der Waals surface area contributed by atoms with Gasteiger partial charge >= 0.3 is 5.97 Å². The maximum atomic E-state index is 12.0. The highest BCUT2D eigenvalue weighted by Gasteiger charge is 2.60. The summed E-state index contributed by atoms with van der Waals surface area (Å²) in [5.41, 5.74) is 0.314. The van der Waals surface area contributed by atoms with E-state index in [9.17, 15) is 4.79 Å². The first-order chi connectivity index (χ1) is 10.6. The lowest BCUT2D eigenvalue weighted by Gasteiger charge is -2.28. The first kappa shape index (κ1) is 16.9. The van der Waals surface area contributed by atoms with E-state index in [2.05, 4.69) is 6.58 Å². The van der Waals surface area contributed by atoms with Gasteiger partial charge in [0.25, 0.3) is 0 Å². The predicted octanol–water partition coefficient (Wildman–Crippen LogP) is 1.50. The Bertz CT molecular complexity index is 513. The third-order valence-corrected chi connectivity index (χ3v) is 4.02. The van der Waals surface area contributed by atoms with E-state index < -0.39 is 42.1 Å². The molecule has 7 nitrogen and oxygen atoms in total. The quantitative estimate of drug-likeness (QED) is 0.574. The average molecular weight is 328 g/mol. The van der Waals surface area contributed by atoms with Crippen LogP contribution in [-0.4, -0.2) is 54.9 Å². The van der Waals surface area contributed by atoms with Crippen LogP contribution in [0.1, 0.15) is 34.6 Å². The van der Waals surface area contributed by atoms with Gasteiger partial charge in [0.1, 0.15) is 12.2 Å². The van der Waals surface area contributed by atoms with Gasteiger partial charge in [-0.05, 0) is 34.6 Å². The molecule has 3 saturated heterocycles. The zero-order valence-electron chi connectivity index (χ0n) is 14.2. The van der Waals surface area contributed by atoms with E-state index in [4.69, 9.17) is 28.4 Å².